The predicted octanol–water partition coefficient (Wildman–Crippen LogP) is 3.69. The number of rotatable bonds is 5. The molecule has 2 N–H and O–H groups in total. The van der Waals surface area contributed by atoms with E-state index < -0.39 is 17.9 Å². The second kappa shape index (κ2) is 8.71. The van der Waals surface area contributed by atoms with E-state index in [2.05, 4.69) is 10.6 Å². The quantitative estimate of drug-likeness (QED) is 0.665. The summed E-state index contributed by atoms with van der Waals surface area (Å²) in [6.07, 6.45) is -0.212. The number of benzene rings is 3. The van der Waals surface area contributed by atoms with Gasteiger partial charge in [0.05, 0.1) is 30.6 Å². The number of hydrogen-bond donors (Lipinski definition) is 2. The highest BCUT2D eigenvalue weighted by Gasteiger charge is 2.38. The Morgan fingerprint density at radius 3 is 2.42 bits per heavy atom. The van der Waals surface area contributed by atoms with Crippen LogP contribution in [0.2, 0.25) is 0 Å². The normalized spacial score (nSPS) is 14.9. The molecule has 0 unspecified atom stereocenters. The van der Waals surface area contributed by atoms with Crippen LogP contribution in [-0.2, 0) is 9.59 Å². The van der Waals surface area contributed by atoms with Crippen LogP contribution in [0.1, 0.15) is 16.8 Å². The van der Waals surface area contributed by atoms with Gasteiger partial charge in [0.15, 0.2) is 0 Å². The first-order valence-electron chi connectivity index (χ1n) is 9.80. The van der Waals surface area contributed by atoms with Gasteiger partial charge in [-0.3, -0.25) is 19.3 Å². The summed E-state index contributed by atoms with van der Waals surface area (Å²) in [5, 5.41) is 5.57. The van der Waals surface area contributed by atoms with E-state index in [0.29, 0.717) is 28.4 Å². The highest BCUT2D eigenvalue weighted by Crippen LogP contribution is 2.34. The lowest BCUT2D eigenvalue weighted by atomic mass is 10.0. The van der Waals surface area contributed by atoms with Crippen molar-refractivity contribution in [2.24, 2.45) is 0 Å². The Morgan fingerprint density at radius 2 is 1.65 bits per heavy atom. The van der Waals surface area contributed by atoms with Crippen LogP contribution in [0.15, 0.2) is 78.9 Å². The van der Waals surface area contributed by atoms with Crippen LogP contribution in [0.25, 0.3) is 0 Å². The summed E-state index contributed by atoms with van der Waals surface area (Å²) in [5.74, 6) is -0.669. The predicted molar refractivity (Wildman–Crippen MR) is 118 cm³/mol. The van der Waals surface area contributed by atoms with Crippen LogP contribution >= 0.6 is 0 Å². The van der Waals surface area contributed by atoms with Gasteiger partial charge in [-0.25, -0.2) is 0 Å². The zero-order valence-corrected chi connectivity index (χ0v) is 16.9. The third kappa shape index (κ3) is 4.11. The van der Waals surface area contributed by atoms with Crippen molar-refractivity contribution >= 4 is 34.8 Å². The minimum absolute atomic E-state index is 0.212. The SMILES string of the molecule is COc1ccccc1NC(=O)C[C@H]1C(=O)Nc2ccccc2N1C(=O)c1ccccc1. The fourth-order valence-corrected chi connectivity index (χ4v) is 3.57. The fraction of sp³-hybridized carbons (Fsp3) is 0.125. The van der Waals surface area contributed by atoms with Gasteiger partial charge in [0.1, 0.15) is 11.8 Å². The Hall–Kier alpha value is -4.13. The molecular formula is C24H21N3O4. The number of anilines is 3. The molecule has 3 aromatic rings. The van der Waals surface area contributed by atoms with Gasteiger partial charge >= 0.3 is 0 Å². The van der Waals surface area contributed by atoms with E-state index in [9.17, 15) is 14.4 Å². The summed E-state index contributed by atoms with van der Waals surface area (Å²) in [6.45, 7) is 0. The number of hydrogen-bond acceptors (Lipinski definition) is 4. The largest absolute Gasteiger partial charge is 0.495 e. The van der Waals surface area contributed by atoms with Gasteiger partial charge in [-0.05, 0) is 36.4 Å². The molecule has 0 aliphatic carbocycles. The monoisotopic (exact) mass is 415 g/mol. The highest BCUT2D eigenvalue weighted by molar-refractivity contribution is 6.17. The topological polar surface area (TPSA) is 87.7 Å². The van der Waals surface area contributed by atoms with Gasteiger partial charge in [0, 0.05) is 5.56 Å². The van der Waals surface area contributed by atoms with Crippen molar-refractivity contribution in [3.8, 4) is 5.75 Å². The molecule has 31 heavy (non-hydrogen) atoms. The Labute approximate surface area is 179 Å². The lowest BCUT2D eigenvalue weighted by Crippen LogP contribution is -2.52. The molecule has 0 radical (unpaired) electrons. The first-order valence-corrected chi connectivity index (χ1v) is 9.80. The minimum Gasteiger partial charge on any atom is -0.495 e. The van der Waals surface area contributed by atoms with E-state index in [0.717, 1.165) is 0 Å². The molecule has 1 heterocycles. The second-order valence-corrected chi connectivity index (χ2v) is 7.02. The van der Waals surface area contributed by atoms with Crippen molar-refractivity contribution in [2.75, 3.05) is 22.6 Å². The van der Waals surface area contributed by atoms with Crippen LogP contribution in [-0.4, -0.2) is 30.9 Å². The maximum absolute atomic E-state index is 13.4. The van der Waals surface area contributed by atoms with E-state index in [-0.39, 0.29) is 12.3 Å². The number of ether oxygens (including phenoxy) is 1. The van der Waals surface area contributed by atoms with Crippen molar-refractivity contribution in [1.29, 1.82) is 0 Å². The first-order chi connectivity index (χ1) is 15.1. The maximum Gasteiger partial charge on any atom is 0.259 e. The molecule has 7 nitrogen and oxygen atoms in total. The van der Waals surface area contributed by atoms with Crippen molar-refractivity contribution in [3.05, 3.63) is 84.4 Å². The number of carbonyl (C=O) groups excluding carboxylic acids is 3. The fourth-order valence-electron chi connectivity index (χ4n) is 3.57. The lowest BCUT2D eigenvalue weighted by Gasteiger charge is -2.36. The van der Waals surface area contributed by atoms with Crippen LogP contribution in [0.4, 0.5) is 17.1 Å². The first kappa shape index (κ1) is 20.2. The highest BCUT2D eigenvalue weighted by atomic mass is 16.5. The third-order valence-electron chi connectivity index (χ3n) is 5.04. The lowest BCUT2D eigenvalue weighted by molar-refractivity contribution is -0.122. The molecular weight excluding hydrogens is 394 g/mol. The van der Waals surface area contributed by atoms with E-state index >= 15 is 0 Å². The maximum atomic E-state index is 13.4. The Balaban J connectivity index is 1.65. The molecule has 0 fully saturated rings. The number of nitrogens with one attached hydrogen (secondary N) is 2. The summed E-state index contributed by atoms with van der Waals surface area (Å²) in [6, 6.07) is 21.7. The molecule has 0 saturated carbocycles. The third-order valence-corrected chi connectivity index (χ3v) is 5.04. The van der Waals surface area contributed by atoms with E-state index in [1.54, 1.807) is 72.8 Å². The molecule has 0 saturated heterocycles. The Morgan fingerprint density at radius 1 is 0.968 bits per heavy atom. The van der Waals surface area contributed by atoms with Crippen molar-refractivity contribution in [3.63, 3.8) is 0 Å². The molecule has 3 aromatic carbocycles. The standard InChI is InChI=1S/C24H21N3O4/c1-31-21-14-8-6-12-18(21)25-22(28)15-20-23(29)26-17-11-5-7-13-19(17)27(20)24(30)16-9-3-2-4-10-16/h2-14,20H,15H2,1H3,(H,25,28)(H,26,29)/t20-/m0/s1. The van der Waals surface area contributed by atoms with Crippen molar-refractivity contribution < 1.29 is 19.1 Å². The molecule has 1 atom stereocenters. The molecule has 3 amide bonds. The van der Waals surface area contributed by atoms with Gasteiger partial charge in [0.25, 0.3) is 5.91 Å². The van der Waals surface area contributed by atoms with E-state index in [4.69, 9.17) is 4.74 Å². The molecule has 0 bridgehead atoms. The number of para-hydroxylation sites is 4. The second-order valence-electron chi connectivity index (χ2n) is 7.02. The number of carbonyl (C=O) groups is 3. The molecule has 7 heteroatoms. The van der Waals surface area contributed by atoms with Gasteiger partial charge in [0.2, 0.25) is 11.8 Å². The van der Waals surface area contributed by atoms with Gasteiger partial charge in [-0.15, -0.1) is 0 Å². The summed E-state index contributed by atoms with van der Waals surface area (Å²) in [5.41, 5.74) is 2.00. The number of nitrogens with zero attached hydrogens (tertiary/aromatic N) is 1. The smallest absolute Gasteiger partial charge is 0.259 e. The molecule has 1 aliphatic rings. The molecule has 4 rings (SSSR count). The molecule has 0 aromatic heterocycles. The molecule has 0 spiro atoms. The zero-order chi connectivity index (χ0) is 21.8. The zero-order valence-electron chi connectivity index (χ0n) is 16.9. The van der Waals surface area contributed by atoms with Crippen LogP contribution < -0.4 is 20.3 Å². The van der Waals surface area contributed by atoms with Crippen LogP contribution in [0.5, 0.6) is 5.75 Å². The van der Waals surface area contributed by atoms with E-state index in [1.807, 2.05) is 6.07 Å². The average molecular weight is 415 g/mol. The Kier molecular flexibility index (Phi) is 5.66. The molecule has 156 valence electrons. The van der Waals surface area contributed by atoms with Crippen molar-refractivity contribution in [1.82, 2.24) is 0 Å². The van der Waals surface area contributed by atoms with Crippen molar-refractivity contribution in [2.45, 2.75) is 12.5 Å². The van der Waals surface area contributed by atoms with Gasteiger partial charge < -0.3 is 15.4 Å². The number of methoxy groups -OCH3 is 1. The van der Waals surface area contributed by atoms with E-state index in [1.165, 1.54) is 12.0 Å². The van der Waals surface area contributed by atoms with Crippen LogP contribution in [0, 0.1) is 0 Å². The summed E-state index contributed by atoms with van der Waals surface area (Å²) in [7, 11) is 1.51. The Bertz CT molecular complexity index is 1130. The minimum atomic E-state index is -1.00. The van der Waals surface area contributed by atoms with Gasteiger partial charge in [-0.2, -0.15) is 0 Å². The summed E-state index contributed by atoms with van der Waals surface area (Å²) < 4.78 is 5.26. The van der Waals surface area contributed by atoms with Gasteiger partial charge in [-0.1, -0.05) is 42.5 Å². The summed E-state index contributed by atoms with van der Waals surface area (Å²) in [4.78, 5) is 40.5. The summed E-state index contributed by atoms with van der Waals surface area (Å²) >= 11 is 0. The molecule has 1 aliphatic heterocycles. The number of amides is 3. The average Bonchev–Trinajstić information content (AvgIpc) is 2.80. The van der Waals surface area contributed by atoms with Crippen LogP contribution in [0.3, 0.4) is 0 Å². The number of fused-ring (bicyclic) bond motifs is 1.